The molecule has 188 valence electrons. The van der Waals surface area contributed by atoms with Crippen molar-refractivity contribution in [2.45, 2.75) is 69.9 Å². The number of carbonyl (C=O) groups is 3. The molecule has 0 unspecified atom stereocenters. The van der Waals surface area contributed by atoms with Crippen molar-refractivity contribution in [2.24, 2.45) is 11.8 Å². The second-order valence-corrected chi connectivity index (χ2v) is 11.7. The van der Waals surface area contributed by atoms with Gasteiger partial charge in [-0.1, -0.05) is 55.8 Å². The van der Waals surface area contributed by atoms with E-state index in [1.807, 2.05) is 6.07 Å². The van der Waals surface area contributed by atoms with Crippen LogP contribution in [0, 0.1) is 11.8 Å². The van der Waals surface area contributed by atoms with Gasteiger partial charge in [0.15, 0.2) is 0 Å². The molecule has 1 aromatic carbocycles. The Morgan fingerprint density at radius 2 is 1.94 bits per heavy atom. The molecule has 1 heterocycles. The standard InChI is InChI=1S/C24H34ClN3O5S/c25-20-8-4-7-18(13-20)10-12-34(32,33)28-22(14-17-5-2-1-3-6-17)24(31)27-21(16-29)15-19-9-11-26-23(19)30/h4,7-8,13,16-17,19,21-22,28H,1-3,5-6,9-12,14-15H2,(H,26,30)(H,27,31)/t19-,21-,22-/m0/s1. The molecule has 0 spiro atoms. The first-order valence-electron chi connectivity index (χ1n) is 12.0. The summed E-state index contributed by atoms with van der Waals surface area (Å²) in [5.74, 6) is -0.910. The first-order valence-corrected chi connectivity index (χ1v) is 14.1. The third-order valence-electron chi connectivity index (χ3n) is 6.67. The fourth-order valence-corrected chi connectivity index (χ4v) is 6.27. The van der Waals surface area contributed by atoms with Gasteiger partial charge in [0.2, 0.25) is 21.8 Å². The summed E-state index contributed by atoms with van der Waals surface area (Å²) in [6.45, 7) is 0.555. The van der Waals surface area contributed by atoms with E-state index in [1.165, 1.54) is 0 Å². The predicted octanol–water partition coefficient (Wildman–Crippen LogP) is 2.35. The van der Waals surface area contributed by atoms with E-state index in [0.717, 1.165) is 37.7 Å². The van der Waals surface area contributed by atoms with Gasteiger partial charge < -0.3 is 15.4 Å². The minimum atomic E-state index is -3.77. The van der Waals surface area contributed by atoms with E-state index in [2.05, 4.69) is 15.4 Å². The zero-order valence-electron chi connectivity index (χ0n) is 19.3. The number of carbonyl (C=O) groups excluding carboxylic acids is 3. The summed E-state index contributed by atoms with van der Waals surface area (Å²) in [5, 5.41) is 5.94. The molecule has 8 nitrogen and oxygen atoms in total. The lowest BCUT2D eigenvalue weighted by molar-refractivity contribution is -0.127. The van der Waals surface area contributed by atoms with Crippen LogP contribution in [0.3, 0.4) is 0 Å². The molecule has 3 atom stereocenters. The third kappa shape index (κ3) is 8.36. The van der Waals surface area contributed by atoms with Crippen LogP contribution in [0.2, 0.25) is 5.02 Å². The molecule has 1 aliphatic carbocycles. The van der Waals surface area contributed by atoms with E-state index in [0.29, 0.717) is 30.7 Å². The van der Waals surface area contributed by atoms with Crippen molar-refractivity contribution in [1.29, 1.82) is 0 Å². The minimum absolute atomic E-state index is 0.124. The van der Waals surface area contributed by atoms with Crippen LogP contribution >= 0.6 is 11.6 Å². The molecule has 2 amide bonds. The van der Waals surface area contributed by atoms with Crippen molar-refractivity contribution in [3.05, 3.63) is 34.9 Å². The highest BCUT2D eigenvalue weighted by Crippen LogP contribution is 2.28. The van der Waals surface area contributed by atoms with Crippen molar-refractivity contribution in [1.82, 2.24) is 15.4 Å². The fourth-order valence-electron chi connectivity index (χ4n) is 4.79. The molecular formula is C24H34ClN3O5S. The van der Waals surface area contributed by atoms with E-state index < -0.39 is 28.0 Å². The van der Waals surface area contributed by atoms with E-state index >= 15 is 0 Å². The van der Waals surface area contributed by atoms with E-state index in [1.54, 1.807) is 18.2 Å². The topological polar surface area (TPSA) is 121 Å². The van der Waals surface area contributed by atoms with Crippen LogP contribution in [-0.4, -0.2) is 50.9 Å². The highest BCUT2D eigenvalue weighted by Gasteiger charge is 2.32. The van der Waals surface area contributed by atoms with Gasteiger partial charge in [-0.15, -0.1) is 0 Å². The molecule has 1 aromatic rings. The first-order chi connectivity index (χ1) is 16.3. The molecule has 1 aliphatic heterocycles. The Hall–Kier alpha value is -1.97. The normalized spacial score (nSPS) is 21.0. The highest BCUT2D eigenvalue weighted by molar-refractivity contribution is 7.89. The maximum Gasteiger partial charge on any atom is 0.238 e. The molecule has 3 rings (SSSR count). The summed E-state index contributed by atoms with van der Waals surface area (Å²) >= 11 is 5.99. The molecule has 2 aliphatic rings. The van der Waals surface area contributed by atoms with Crippen LogP contribution in [0.4, 0.5) is 0 Å². The number of aldehydes is 1. The lowest BCUT2D eigenvalue weighted by atomic mass is 9.85. The quantitative estimate of drug-likeness (QED) is 0.372. The van der Waals surface area contributed by atoms with Crippen LogP contribution in [0.25, 0.3) is 0 Å². The van der Waals surface area contributed by atoms with Crippen molar-refractivity contribution < 1.29 is 22.8 Å². The smallest absolute Gasteiger partial charge is 0.238 e. The summed E-state index contributed by atoms with van der Waals surface area (Å²) in [6, 6.07) is 5.21. The molecule has 1 saturated carbocycles. The van der Waals surface area contributed by atoms with Crippen molar-refractivity contribution in [3.63, 3.8) is 0 Å². The average molecular weight is 512 g/mol. The summed E-state index contributed by atoms with van der Waals surface area (Å²) in [4.78, 5) is 36.6. The van der Waals surface area contributed by atoms with Crippen LogP contribution in [0.1, 0.15) is 56.9 Å². The summed E-state index contributed by atoms with van der Waals surface area (Å²) in [7, 11) is -3.77. The Morgan fingerprint density at radius 3 is 2.59 bits per heavy atom. The summed E-state index contributed by atoms with van der Waals surface area (Å²) in [6.07, 6.45) is 7.27. The molecular weight excluding hydrogens is 478 g/mol. The van der Waals surface area contributed by atoms with Gasteiger partial charge in [-0.2, -0.15) is 0 Å². The SMILES string of the molecule is O=C[C@H](C[C@@H]1CCNC1=O)NC(=O)[C@H](CC1CCCCC1)NS(=O)(=O)CCc1cccc(Cl)c1. The van der Waals surface area contributed by atoms with Gasteiger partial charge in [0.25, 0.3) is 0 Å². The van der Waals surface area contributed by atoms with Crippen molar-refractivity contribution in [2.75, 3.05) is 12.3 Å². The second kappa shape index (κ2) is 12.7. The number of hydrogen-bond acceptors (Lipinski definition) is 5. The number of sulfonamides is 1. The van der Waals surface area contributed by atoms with Crippen molar-refractivity contribution >= 4 is 39.7 Å². The van der Waals surface area contributed by atoms with Crippen LogP contribution < -0.4 is 15.4 Å². The van der Waals surface area contributed by atoms with Gasteiger partial charge >= 0.3 is 0 Å². The Morgan fingerprint density at radius 1 is 1.18 bits per heavy atom. The van der Waals surface area contributed by atoms with Gasteiger partial charge in [0, 0.05) is 17.5 Å². The Labute approximate surface area is 206 Å². The minimum Gasteiger partial charge on any atom is -0.356 e. The zero-order valence-corrected chi connectivity index (χ0v) is 20.9. The molecule has 0 aromatic heterocycles. The zero-order chi connectivity index (χ0) is 24.6. The molecule has 0 bridgehead atoms. The van der Waals surface area contributed by atoms with E-state index in [9.17, 15) is 22.8 Å². The molecule has 3 N–H and O–H groups in total. The van der Waals surface area contributed by atoms with E-state index in [4.69, 9.17) is 11.6 Å². The lowest BCUT2D eigenvalue weighted by Gasteiger charge is -2.27. The van der Waals surface area contributed by atoms with Crippen LogP contribution in [0.15, 0.2) is 24.3 Å². The average Bonchev–Trinajstić information content (AvgIpc) is 3.21. The van der Waals surface area contributed by atoms with Gasteiger partial charge in [-0.25, -0.2) is 13.1 Å². The van der Waals surface area contributed by atoms with Gasteiger partial charge in [0.05, 0.1) is 11.8 Å². The number of nitrogens with one attached hydrogen (secondary N) is 3. The van der Waals surface area contributed by atoms with Gasteiger partial charge in [0.1, 0.15) is 12.3 Å². The monoisotopic (exact) mass is 511 g/mol. The highest BCUT2D eigenvalue weighted by atomic mass is 35.5. The Kier molecular flexibility index (Phi) is 9.91. The van der Waals surface area contributed by atoms with Gasteiger partial charge in [-0.3, -0.25) is 9.59 Å². The molecule has 1 saturated heterocycles. The summed E-state index contributed by atoms with van der Waals surface area (Å²) in [5.41, 5.74) is 0.794. The van der Waals surface area contributed by atoms with Crippen LogP contribution in [0.5, 0.6) is 0 Å². The number of halogens is 1. The number of hydrogen-bond donors (Lipinski definition) is 3. The number of amides is 2. The Balaban J connectivity index is 1.65. The maximum absolute atomic E-state index is 13.1. The second-order valence-electron chi connectivity index (χ2n) is 9.37. The third-order valence-corrected chi connectivity index (χ3v) is 8.29. The molecule has 2 fully saturated rings. The number of rotatable bonds is 12. The number of aryl methyl sites for hydroxylation is 1. The maximum atomic E-state index is 13.1. The molecule has 34 heavy (non-hydrogen) atoms. The van der Waals surface area contributed by atoms with Gasteiger partial charge in [-0.05, 0) is 49.3 Å². The lowest BCUT2D eigenvalue weighted by Crippen LogP contribution is -2.51. The number of benzene rings is 1. The van der Waals surface area contributed by atoms with Crippen LogP contribution in [-0.2, 0) is 30.8 Å². The van der Waals surface area contributed by atoms with E-state index in [-0.39, 0.29) is 36.3 Å². The largest absolute Gasteiger partial charge is 0.356 e. The Bertz CT molecular complexity index is 965. The van der Waals surface area contributed by atoms with Crippen molar-refractivity contribution in [3.8, 4) is 0 Å². The predicted molar refractivity (Wildman–Crippen MR) is 131 cm³/mol. The first kappa shape index (κ1) is 26.6. The fraction of sp³-hybridized carbons (Fsp3) is 0.625. The summed E-state index contributed by atoms with van der Waals surface area (Å²) < 4.78 is 28.3. The molecule has 10 heteroatoms. The molecule has 0 radical (unpaired) electrons.